The number of carbonyl (C=O) groups is 2. The maximum Gasteiger partial charge on any atom is 0.358 e. The van der Waals surface area contributed by atoms with Crippen LogP contribution in [0, 0.1) is 0 Å². The number of hydrogen-bond acceptors (Lipinski definition) is 12. The fourth-order valence-electron chi connectivity index (χ4n) is 4.48. The Balaban J connectivity index is 0.000000250. The molecule has 0 aliphatic carbocycles. The highest BCUT2D eigenvalue weighted by atomic mass is 35.5. The van der Waals surface area contributed by atoms with E-state index < -0.39 is 23.1 Å². The van der Waals surface area contributed by atoms with Crippen LogP contribution in [0.5, 0.6) is 0 Å². The molecule has 0 amide bonds. The van der Waals surface area contributed by atoms with Gasteiger partial charge in [0.15, 0.2) is 5.69 Å². The van der Waals surface area contributed by atoms with Crippen LogP contribution in [-0.2, 0) is 20.7 Å². The van der Waals surface area contributed by atoms with Gasteiger partial charge in [-0.05, 0) is 64.1 Å². The van der Waals surface area contributed by atoms with E-state index in [1.807, 2.05) is 0 Å². The fourth-order valence-corrected chi connectivity index (χ4v) is 5.02. The third kappa shape index (κ3) is 7.96. The molecular formula is C32H36Cl2N6O6. The number of pyridine rings is 2. The Morgan fingerprint density at radius 2 is 1.17 bits per heavy atom. The number of carbonyl (C=O) groups excluding carboxylic acids is 2. The Kier molecular flexibility index (Phi) is 10.8. The first-order valence-corrected chi connectivity index (χ1v) is 14.4. The molecule has 0 fully saturated rings. The lowest BCUT2D eigenvalue weighted by atomic mass is 9.93. The number of halogens is 2. The predicted molar refractivity (Wildman–Crippen MR) is 180 cm³/mol. The van der Waals surface area contributed by atoms with E-state index in [2.05, 4.69) is 19.4 Å². The van der Waals surface area contributed by atoms with E-state index >= 15 is 0 Å². The van der Waals surface area contributed by atoms with Crippen LogP contribution in [0.3, 0.4) is 0 Å². The van der Waals surface area contributed by atoms with Crippen LogP contribution in [0.25, 0.3) is 22.3 Å². The molecule has 0 bridgehead atoms. The first-order valence-electron chi connectivity index (χ1n) is 13.6. The average Bonchev–Trinajstić information content (AvgIpc) is 2.97. The second-order valence-corrected chi connectivity index (χ2v) is 12.1. The number of nitrogens with two attached hydrogens (primary N) is 4. The molecule has 2 heterocycles. The van der Waals surface area contributed by atoms with Crippen molar-refractivity contribution < 1.29 is 29.3 Å². The summed E-state index contributed by atoms with van der Waals surface area (Å²) in [5, 5.41) is 20.9. The summed E-state index contributed by atoms with van der Waals surface area (Å²) in [6, 6.07) is 9.48. The third-order valence-electron chi connectivity index (χ3n) is 6.76. The number of nitrogens with zero attached hydrogens (tertiary/aromatic N) is 2. The molecule has 0 aliphatic rings. The van der Waals surface area contributed by atoms with E-state index in [0.29, 0.717) is 49.9 Å². The minimum absolute atomic E-state index is 0.00604. The van der Waals surface area contributed by atoms with Gasteiger partial charge in [-0.3, -0.25) is 4.98 Å². The second kappa shape index (κ2) is 13.8. The topological polar surface area (TPSA) is 223 Å². The number of anilines is 4. The summed E-state index contributed by atoms with van der Waals surface area (Å²) < 4.78 is 9.21. The molecule has 12 nitrogen and oxygen atoms in total. The van der Waals surface area contributed by atoms with Gasteiger partial charge in [0, 0.05) is 61.6 Å². The van der Waals surface area contributed by atoms with Gasteiger partial charge in [-0.25, -0.2) is 14.6 Å². The standard InChI is InChI=1S/C17H22ClN3O2.C15H14ClN3O4/c1-16(2,22)11-7-12(18)10(6-13(11)19)9-5-14(20)15(21-8-9)17(3,4)23;1-22-14(20)9-4-10(16)8(5-11(9)17)7-3-12(18)13(19-6-7)15(21)23-2/h5-8,22-23H,19-20H2,1-4H3;3-6H,17-18H2,1-2H3. The highest BCUT2D eigenvalue weighted by molar-refractivity contribution is 6.34. The van der Waals surface area contributed by atoms with Gasteiger partial charge in [0.2, 0.25) is 0 Å². The summed E-state index contributed by atoms with van der Waals surface area (Å²) in [7, 11) is 2.49. The fraction of sp³-hybridized carbons (Fsp3) is 0.250. The van der Waals surface area contributed by atoms with Gasteiger partial charge in [0.05, 0.1) is 42.5 Å². The minimum atomic E-state index is -1.13. The molecule has 2 aromatic carbocycles. The minimum Gasteiger partial charge on any atom is -0.465 e. The van der Waals surface area contributed by atoms with Crippen LogP contribution in [0.4, 0.5) is 22.7 Å². The Morgan fingerprint density at radius 3 is 1.65 bits per heavy atom. The largest absolute Gasteiger partial charge is 0.465 e. The van der Waals surface area contributed by atoms with Crippen LogP contribution in [-0.4, -0.2) is 46.3 Å². The van der Waals surface area contributed by atoms with Gasteiger partial charge in [-0.1, -0.05) is 23.2 Å². The molecule has 14 heteroatoms. The van der Waals surface area contributed by atoms with Gasteiger partial charge in [-0.2, -0.15) is 0 Å². The molecule has 0 saturated carbocycles. The van der Waals surface area contributed by atoms with Gasteiger partial charge in [0.25, 0.3) is 0 Å². The zero-order valence-corrected chi connectivity index (χ0v) is 27.6. The molecule has 4 aromatic rings. The Hall–Kier alpha value is -4.62. The maximum atomic E-state index is 11.6. The Labute approximate surface area is 276 Å². The van der Waals surface area contributed by atoms with Crippen molar-refractivity contribution in [1.82, 2.24) is 9.97 Å². The van der Waals surface area contributed by atoms with Crippen molar-refractivity contribution in [1.29, 1.82) is 0 Å². The SMILES string of the molecule is CC(C)(O)c1cc(Cl)c(-c2cnc(C(C)(C)O)c(N)c2)cc1N.COC(=O)c1cc(Cl)c(-c2cnc(C(=O)OC)c(N)c2)cc1N. The van der Waals surface area contributed by atoms with Crippen molar-refractivity contribution >= 4 is 57.9 Å². The number of esters is 2. The molecule has 0 aliphatic heterocycles. The summed E-state index contributed by atoms with van der Waals surface area (Å²) in [4.78, 5) is 31.3. The number of methoxy groups -OCH3 is 2. The van der Waals surface area contributed by atoms with E-state index in [9.17, 15) is 19.8 Å². The summed E-state index contributed by atoms with van der Waals surface area (Å²) in [5.41, 5.74) is 26.2. The van der Waals surface area contributed by atoms with E-state index in [1.54, 1.807) is 52.1 Å². The summed E-state index contributed by atoms with van der Waals surface area (Å²) in [5.74, 6) is -1.23. The smallest absolute Gasteiger partial charge is 0.358 e. The molecule has 0 atom stereocenters. The monoisotopic (exact) mass is 670 g/mol. The number of nitrogen functional groups attached to an aromatic ring is 4. The van der Waals surface area contributed by atoms with E-state index in [1.165, 1.54) is 38.6 Å². The zero-order valence-electron chi connectivity index (χ0n) is 26.1. The van der Waals surface area contributed by atoms with Gasteiger partial charge in [0.1, 0.15) is 5.60 Å². The first kappa shape index (κ1) is 35.9. The van der Waals surface area contributed by atoms with Crippen LogP contribution in [0.15, 0.2) is 48.8 Å². The molecule has 0 saturated heterocycles. The third-order valence-corrected chi connectivity index (χ3v) is 7.38. The van der Waals surface area contributed by atoms with Crippen LogP contribution >= 0.6 is 23.2 Å². The number of aliphatic hydroxyl groups is 2. The van der Waals surface area contributed by atoms with Crippen molar-refractivity contribution in [2.45, 2.75) is 38.9 Å². The van der Waals surface area contributed by atoms with Gasteiger partial charge >= 0.3 is 11.9 Å². The van der Waals surface area contributed by atoms with Crippen molar-refractivity contribution in [3.8, 4) is 22.3 Å². The number of benzene rings is 2. The number of rotatable bonds is 6. The number of ether oxygens (including phenoxy) is 2. The molecule has 10 N–H and O–H groups in total. The van der Waals surface area contributed by atoms with E-state index in [0.717, 1.165) is 0 Å². The van der Waals surface area contributed by atoms with Crippen LogP contribution < -0.4 is 22.9 Å². The molecule has 0 radical (unpaired) electrons. The Morgan fingerprint density at radius 1 is 0.674 bits per heavy atom. The molecular weight excluding hydrogens is 635 g/mol. The average molecular weight is 672 g/mol. The number of aromatic nitrogens is 2. The lowest BCUT2D eigenvalue weighted by Gasteiger charge is -2.22. The lowest BCUT2D eigenvalue weighted by Crippen LogP contribution is -2.19. The molecule has 0 unspecified atom stereocenters. The van der Waals surface area contributed by atoms with E-state index in [4.69, 9.17) is 46.1 Å². The van der Waals surface area contributed by atoms with E-state index in [-0.39, 0.29) is 27.7 Å². The van der Waals surface area contributed by atoms with Gasteiger partial charge < -0.3 is 42.6 Å². The first-order chi connectivity index (χ1) is 21.3. The second-order valence-electron chi connectivity index (χ2n) is 11.3. The van der Waals surface area contributed by atoms with Crippen molar-refractivity contribution in [2.24, 2.45) is 0 Å². The van der Waals surface area contributed by atoms with Crippen molar-refractivity contribution in [2.75, 3.05) is 37.2 Å². The van der Waals surface area contributed by atoms with Gasteiger partial charge in [-0.15, -0.1) is 0 Å². The lowest BCUT2D eigenvalue weighted by molar-refractivity contribution is 0.0589. The molecule has 46 heavy (non-hydrogen) atoms. The van der Waals surface area contributed by atoms with Crippen LogP contribution in [0.2, 0.25) is 10.0 Å². The molecule has 244 valence electrons. The molecule has 4 rings (SSSR count). The van der Waals surface area contributed by atoms with Crippen molar-refractivity contribution in [3.63, 3.8) is 0 Å². The quantitative estimate of drug-likeness (QED) is 0.116. The summed E-state index contributed by atoms with van der Waals surface area (Å²) >= 11 is 12.5. The van der Waals surface area contributed by atoms with Crippen molar-refractivity contribution in [3.05, 3.63) is 81.4 Å². The zero-order chi connectivity index (χ0) is 34.7. The highest BCUT2D eigenvalue weighted by Crippen LogP contribution is 2.38. The molecule has 0 spiro atoms. The summed E-state index contributed by atoms with van der Waals surface area (Å²) in [6.07, 6.45) is 3.01. The predicted octanol–water partition coefficient (Wildman–Crippen LogP) is 5.16. The maximum absolute atomic E-state index is 11.6. The Bertz CT molecular complexity index is 1800. The van der Waals surface area contributed by atoms with Crippen LogP contribution in [0.1, 0.15) is 59.8 Å². The summed E-state index contributed by atoms with van der Waals surface area (Å²) in [6.45, 7) is 6.53. The number of hydrogen-bond donors (Lipinski definition) is 6. The highest BCUT2D eigenvalue weighted by Gasteiger charge is 2.24. The molecule has 2 aromatic heterocycles. The normalized spacial score (nSPS) is 11.3.